The summed E-state index contributed by atoms with van der Waals surface area (Å²) >= 11 is 1.86. The van der Waals surface area contributed by atoms with Crippen molar-refractivity contribution in [1.82, 2.24) is 4.98 Å². The Kier molecular flexibility index (Phi) is 3.19. The van der Waals surface area contributed by atoms with Gasteiger partial charge in [-0.15, -0.1) is 0 Å². The first-order valence-corrected chi connectivity index (χ1v) is 4.21. The first-order chi connectivity index (χ1) is 5.63. The average molecular weight is 285 g/mol. The van der Waals surface area contributed by atoms with E-state index >= 15 is 0 Å². The molecule has 0 radical (unpaired) electrons. The summed E-state index contributed by atoms with van der Waals surface area (Å²) in [6, 6.07) is 2.56. The summed E-state index contributed by atoms with van der Waals surface area (Å²) in [6.07, 6.45) is -2.48. The molecule has 0 aromatic carbocycles. The molecule has 0 atom stereocenters. The van der Waals surface area contributed by atoms with Crippen LogP contribution in [-0.4, -0.2) is 12.1 Å². The Labute approximate surface area is 82.1 Å². The maximum absolute atomic E-state index is 12.2. The normalized spacial score (nSPS) is 10.4. The van der Waals surface area contributed by atoms with E-state index in [4.69, 9.17) is 4.74 Å². The van der Waals surface area contributed by atoms with Crippen LogP contribution in [0.1, 0.15) is 12.0 Å². The van der Waals surface area contributed by atoms with E-state index in [1.54, 1.807) is 0 Å². The lowest BCUT2D eigenvalue weighted by Gasteiger charge is -2.03. The van der Waals surface area contributed by atoms with Gasteiger partial charge in [0.15, 0.2) is 0 Å². The lowest BCUT2D eigenvalue weighted by Crippen LogP contribution is -1.93. The lowest BCUT2D eigenvalue weighted by atomic mass is 10.3. The summed E-state index contributed by atoms with van der Waals surface area (Å²) in [5.74, 6) is 0.220. The molecule has 1 aromatic rings. The number of ether oxygens (including phenoxy) is 1. The molecule has 0 saturated carbocycles. The first-order valence-electron chi connectivity index (χ1n) is 3.13. The fourth-order valence-electron chi connectivity index (χ4n) is 0.722. The number of methoxy groups -OCH3 is 1. The first kappa shape index (κ1) is 9.63. The highest BCUT2D eigenvalue weighted by Gasteiger charge is 2.09. The van der Waals surface area contributed by atoms with Crippen molar-refractivity contribution in [3.8, 4) is 5.88 Å². The SMILES string of the molecule is COc1cc(C(F)F)cc(I)n1. The van der Waals surface area contributed by atoms with Crippen LogP contribution >= 0.6 is 22.6 Å². The van der Waals surface area contributed by atoms with Crippen molar-refractivity contribution in [2.24, 2.45) is 0 Å². The molecule has 0 bridgehead atoms. The lowest BCUT2D eigenvalue weighted by molar-refractivity contribution is 0.150. The molecular formula is C7H6F2INO. The predicted octanol–water partition coefficient (Wildman–Crippen LogP) is 2.63. The molecule has 0 saturated heterocycles. The molecule has 66 valence electrons. The smallest absolute Gasteiger partial charge is 0.264 e. The van der Waals surface area contributed by atoms with E-state index in [9.17, 15) is 8.78 Å². The number of pyridine rings is 1. The Morgan fingerprint density at radius 2 is 2.17 bits per heavy atom. The summed E-state index contributed by atoms with van der Waals surface area (Å²) in [5, 5.41) is 0. The van der Waals surface area contributed by atoms with E-state index in [2.05, 4.69) is 4.98 Å². The molecule has 1 heterocycles. The van der Waals surface area contributed by atoms with Gasteiger partial charge in [-0.2, -0.15) is 0 Å². The van der Waals surface area contributed by atoms with Crippen LogP contribution in [0.2, 0.25) is 0 Å². The largest absolute Gasteiger partial charge is 0.481 e. The van der Waals surface area contributed by atoms with Crippen molar-refractivity contribution >= 4 is 22.6 Å². The molecule has 0 fully saturated rings. The summed E-state index contributed by atoms with van der Waals surface area (Å²) in [7, 11) is 1.40. The molecule has 5 heteroatoms. The zero-order valence-electron chi connectivity index (χ0n) is 6.22. The van der Waals surface area contributed by atoms with Crippen LogP contribution in [0.25, 0.3) is 0 Å². The van der Waals surface area contributed by atoms with Crippen LogP contribution in [0, 0.1) is 3.70 Å². The number of rotatable bonds is 2. The summed E-state index contributed by atoms with van der Waals surface area (Å²) in [5.41, 5.74) is -0.0637. The molecule has 0 amide bonds. The van der Waals surface area contributed by atoms with Gasteiger partial charge in [0.2, 0.25) is 5.88 Å². The van der Waals surface area contributed by atoms with E-state index in [-0.39, 0.29) is 11.4 Å². The minimum Gasteiger partial charge on any atom is -0.481 e. The standard InChI is InChI=1S/C7H6F2INO/c1-12-6-3-4(7(8)9)2-5(10)11-6/h2-3,7H,1H3. The number of hydrogen-bond acceptors (Lipinski definition) is 2. The van der Waals surface area contributed by atoms with Gasteiger partial charge in [0.1, 0.15) is 3.70 Å². The zero-order valence-corrected chi connectivity index (χ0v) is 8.38. The maximum Gasteiger partial charge on any atom is 0.264 e. The van der Waals surface area contributed by atoms with Gasteiger partial charge < -0.3 is 4.74 Å². The van der Waals surface area contributed by atoms with Crippen molar-refractivity contribution in [1.29, 1.82) is 0 Å². The second kappa shape index (κ2) is 3.97. The second-order valence-corrected chi connectivity index (χ2v) is 3.17. The highest BCUT2D eigenvalue weighted by molar-refractivity contribution is 14.1. The molecule has 0 aliphatic carbocycles. The molecule has 1 rings (SSSR count). The molecule has 12 heavy (non-hydrogen) atoms. The average Bonchev–Trinajstić information content (AvgIpc) is 2.03. The second-order valence-electron chi connectivity index (χ2n) is 2.07. The Hall–Kier alpha value is -0.460. The van der Waals surface area contributed by atoms with E-state index in [0.717, 1.165) is 0 Å². The van der Waals surface area contributed by atoms with Gasteiger partial charge in [0, 0.05) is 11.6 Å². The zero-order chi connectivity index (χ0) is 9.14. The van der Waals surface area contributed by atoms with Crippen LogP contribution in [0.3, 0.4) is 0 Å². The van der Waals surface area contributed by atoms with Crippen molar-refractivity contribution in [2.45, 2.75) is 6.43 Å². The third-order valence-electron chi connectivity index (χ3n) is 1.25. The topological polar surface area (TPSA) is 22.1 Å². The van der Waals surface area contributed by atoms with Crippen molar-refractivity contribution in [2.75, 3.05) is 7.11 Å². The van der Waals surface area contributed by atoms with Crippen molar-refractivity contribution in [3.05, 3.63) is 21.4 Å². The number of nitrogens with zero attached hydrogens (tertiary/aromatic N) is 1. The number of hydrogen-bond donors (Lipinski definition) is 0. The van der Waals surface area contributed by atoms with Crippen LogP contribution in [0.15, 0.2) is 12.1 Å². The summed E-state index contributed by atoms with van der Waals surface area (Å²) < 4.78 is 29.6. The Balaban J connectivity index is 3.06. The van der Waals surface area contributed by atoms with Gasteiger partial charge in [0.25, 0.3) is 6.43 Å². The van der Waals surface area contributed by atoms with Gasteiger partial charge in [-0.25, -0.2) is 13.8 Å². The predicted molar refractivity (Wildman–Crippen MR) is 48.5 cm³/mol. The summed E-state index contributed by atoms with van der Waals surface area (Å²) in [6.45, 7) is 0. The minimum absolute atomic E-state index is 0.0637. The highest BCUT2D eigenvalue weighted by Crippen LogP contribution is 2.23. The Morgan fingerprint density at radius 3 is 2.67 bits per heavy atom. The van der Waals surface area contributed by atoms with Crippen LogP contribution < -0.4 is 4.74 Å². The van der Waals surface area contributed by atoms with E-state index in [1.807, 2.05) is 22.6 Å². The maximum atomic E-state index is 12.2. The van der Waals surface area contributed by atoms with Crippen molar-refractivity contribution in [3.63, 3.8) is 0 Å². The number of aromatic nitrogens is 1. The van der Waals surface area contributed by atoms with Gasteiger partial charge in [0.05, 0.1) is 7.11 Å². The number of alkyl halides is 2. The fourth-order valence-corrected chi connectivity index (χ4v) is 1.32. The Morgan fingerprint density at radius 1 is 1.50 bits per heavy atom. The minimum atomic E-state index is -2.48. The van der Waals surface area contributed by atoms with E-state index < -0.39 is 6.43 Å². The third-order valence-corrected chi connectivity index (χ3v) is 1.81. The quantitative estimate of drug-likeness (QED) is 0.615. The molecule has 0 unspecified atom stereocenters. The Bertz CT molecular complexity index is 280. The molecule has 1 aromatic heterocycles. The van der Waals surface area contributed by atoms with Gasteiger partial charge >= 0.3 is 0 Å². The summed E-state index contributed by atoms with van der Waals surface area (Å²) in [4.78, 5) is 3.87. The monoisotopic (exact) mass is 285 g/mol. The van der Waals surface area contributed by atoms with Crippen molar-refractivity contribution < 1.29 is 13.5 Å². The van der Waals surface area contributed by atoms with Gasteiger partial charge in [-0.1, -0.05) is 0 Å². The van der Waals surface area contributed by atoms with Gasteiger partial charge in [-0.05, 0) is 28.7 Å². The molecule has 0 aliphatic heterocycles. The molecule has 0 aliphatic rings. The van der Waals surface area contributed by atoms with Crippen LogP contribution in [0.4, 0.5) is 8.78 Å². The molecule has 2 nitrogen and oxygen atoms in total. The van der Waals surface area contributed by atoms with Crippen LogP contribution in [-0.2, 0) is 0 Å². The van der Waals surface area contributed by atoms with Crippen LogP contribution in [0.5, 0.6) is 5.88 Å². The number of halogens is 3. The highest BCUT2D eigenvalue weighted by atomic mass is 127. The third kappa shape index (κ3) is 2.26. The fraction of sp³-hybridized carbons (Fsp3) is 0.286. The van der Waals surface area contributed by atoms with Gasteiger partial charge in [-0.3, -0.25) is 0 Å². The van der Waals surface area contributed by atoms with E-state index in [1.165, 1.54) is 19.2 Å². The molecular weight excluding hydrogens is 279 g/mol. The molecule has 0 spiro atoms. The van der Waals surface area contributed by atoms with E-state index in [0.29, 0.717) is 3.70 Å². The molecule has 0 N–H and O–H groups in total.